The van der Waals surface area contributed by atoms with Crippen molar-refractivity contribution in [3.8, 4) is 5.75 Å². The minimum atomic E-state index is -0.0589. The quantitative estimate of drug-likeness (QED) is 0.797. The number of methoxy groups -OCH3 is 1. The van der Waals surface area contributed by atoms with E-state index in [0.29, 0.717) is 30.9 Å². The minimum Gasteiger partial charge on any atom is -0.497 e. The average molecular weight is 408 g/mol. The number of rotatable bonds is 5. The van der Waals surface area contributed by atoms with Gasteiger partial charge in [-0.2, -0.15) is 0 Å². The van der Waals surface area contributed by atoms with Gasteiger partial charge >= 0.3 is 0 Å². The van der Waals surface area contributed by atoms with Crippen molar-refractivity contribution < 1.29 is 14.3 Å². The maximum atomic E-state index is 12.8. The number of piperidine rings is 1. The van der Waals surface area contributed by atoms with E-state index in [4.69, 9.17) is 4.74 Å². The highest BCUT2D eigenvalue weighted by molar-refractivity contribution is 5.97. The lowest BCUT2D eigenvalue weighted by Gasteiger charge is -2.39. The number of likely N-dealkylation sites (tertiary alicyclic amines) is 1. The molecule has 1 saturated heterocycles. The molecule has 1 fully saturated rings. The molecule has 2 aliphatic rings. The predicted octanol–water partition coefficient (Wildman–Crippen LogP) is 3.39. The molecule has 6 nitrogen and oxygen atoms in total. The molecule has 0 aliphatic carbocycles. The zero-order valence-electron chi connectivity index (χ0n) is 17.6. The molecule has 0 aromatic heterocycles. The van der Waals surface area contributed by atoms with Gasteiger partial charge in [-0.25, -0.2) is 0 Å². The fourth-order valence-electron chi connectivity index (χ4n) is 4.65. The number of ether oxygens (including phenoxy) is 1. The smallest absolute Gasteiger partial charge is 0.251 e. The Balaban J connectivity index is 1.44. The third kappa shape index (κ3) is 4.33. The largest absolute Gasteiger partial charge is 0.497 e. The molecule has 2 aromatic rings. The van der Waals surface area contributed by atoms with E-state index in [9.17, 15) is 9.59 Å². The Labute approximate surface area is 177 Å². The molecule has 6 heteroatoms. The van der Waals surface area contributed by atoms with Crippen molar-refractivity contribution in [1.29, 1.82) is 0 Å². The van der Waals surface area contributed by atoms with Crippen LogP contribution in [0.1, 0.15) is 46.8 Å². The Bertz CT molecular complexity index is 926. The van der Waals surface area contributed by atoms with E-state index in [2.05, 4.69) is 34.7 Å². The van der Waals surface area contributed by atoms with Crippen LogP contribution < -0.4 is 15.4 Å². The number of hydrogen-bond acceptors (Lipinski definition) is 4. The molecule has 0 bridgehead atoms. The third-order valence-corrected chi connectivity index (χ3v) is 6.25. The fraction of sp³-hybridized carbons (Fsp3) is 0.417. The molecular formula is C24H29N3O3. The Hall–Kier alpha value is -2.86. The van der Waals surface area contributed by atoms with Gasteiger partial charge in [-0.15, -0.1) is 0 Å². The number of aryl methyl sites for hydroxylation is 1. The number of nitrogens with zero attached hydrogens (tertiary/aromatic N) is 1. The summed E-state index contributed by atoms with van der Waals surface area (Å²) in [6, 6.07) is 14.0. The van der Waals surface area contributed by atoms with Gasteiger partial charge in [0.25, 0.3) is 5.91 Å². The van der Waals surface area contributed by atoms with E-state index < -0.39 is 0 Å². The lowest BCUT2D eigenvalue weighted by atomic mass is 9.84. The fourth-order valence-corrected chi connectivity index (χ4v) is 4.65. The number of carbonyl (C=O) groups is 2. The molecular weight excluding hydrogens is 378 g/mol. The first kappa shape index (κ1) is 20.4. The highest BCUT2D eigenvalue weighted by atomic mass is 16.5. The predicted molar refractivity (Wildman–Crippen MR) is 117 cm³/mol. The average Bonchev–Trinajstić information content (AvgIpc) is 2.77. The van der Waals surface area contributed by atoms with Crippen LogP contribution in [0.5, 0.6) is 5.75 Å². The summed E-state index contributed by atoms with van der Waals surface area (Å²) in [5.74, 6) is 1.17. The van der Waals surface area contributed by atoms with Crippen molar-refractivity contribution in [2.45, 2.75) is 31.7 Å². The Morgan fingerprint density at radius 3 is 2.77 bits per heavy atom. The van der Waals surface area contributed by atoms with Crippen molar-refractivity contribution in [2.24, 2.45) is 5.92 Å². The van der Waals surface area contributed by atoms with Gasteiger partial charge in [0.2, 0.25) is 5.91 Å². The van der Waals surface area contributed by atoms with Crippen LogP contribution in [0.15, 0.2) is 42.5 Å². The minimum absolute atomic E-state index is 0.0330. The molecule has 158 valence electrons. The van der Waals surface area contributed by atoms with Gasteiger partial charge in [-0.05, 0) is 80.2 Å². The first-order chi connectivity index (χ1) is 14.5. The second-order valence-electron chi connectivity index (χ2n) is 8.23. The summed E-state index contributed by atoms with van der Waals surface area (Å²) < 4.78 is 5.29. The third-order valence-electron chi connectivity index (χ3n) is 6.25. The van der Waals surface area contributed by atoms with E-state index in [1.807, 2.05) is 24.3 Å². The number of fused-ring (bicyclic) bond motifs is 1. The number of benzene rings is 2. The summed E-state index contributed by atoms with van der Waals surface area (Å²) in [6.07, 6.45) is 3.35. The van der Waals surface area contributed by atoms with Crippen molar-refractivity contribution >= 4 is 17.5 Å². The monoisotopic (exact) mass is 407 g/mol. The SMILES string of the molecule is COc1ccc(C2C(CNC(=O)c3ccc4c(c3)CCC(=O)N4)CCCN2C)cc1. The molecule has 2 amide bonds. The van der Waals surface area contributed by atoms with Crippen LogP contribution in [0, 0.1) is 5.92 Å². The molecule has 0 radical (unpaired) electrons. The van der Waals surface area contributed by atoms with Crippen LogP contribution in [-0.2, 0) is 11.2 Å². The summed E-state index contributed by atoms with van der Waals surface area (Å²) >= 11 is 0. The van der Waals surface area contributed by atoms with E-state index in [-0.39, 0.29) is 17.9 Å². The normalized spacial score (nSPS) is 21.5. The standard InChI is InChI=1S/C24H29N3O3/c1-27-13-3-4-19(23(27)16-5-9-20(30-2)10-6-16)15-25-24(29)18-7-11-21-17(14-18)8-12-22(28)26-21/h5-7,9-11,14,19,23H,3-4,8,12-13,15H2,1-2H3,(H,25,29)(H,26,28). The first-order valence-corrected chi connectivity index (χ1v) is 10.6. The molecule has 0 saturated carbocycles. The van der Waals surface area contributed by atoms with Crippen molar-refractivity contribution in [2.75, 3.05) is 32.6 Å². The van der Waals surface area contributed by atoms with Crippen LogP contribution >= 0.6 is 0 Å². The highest BCUT2D eigenvalue weighted by Crippen LogP contribution is 2.35. The zero-order valence-corrected chi connectivity index (χ0v) is 17.6. The van der Waals surface area contributed by atoms with Gasteiger partial charge in [0.15, 0.2) is 0 Å². The van der Waals surface area contributed by atoms with E-state index in [1.54, 1.807) is 13.2 Å². The second-order valence-corrected chi connectivity index (χ2v) is 8.23. The molecule has 0 spiro atoms. The summed E-state index contributed by atoms with van der Waals surface area (Å²) in [7, 11) is 3.83. The molecule has 2 heterocycles. The first-order valence-electron chi connectivity index (χ1n) is 10.6. The number of hydrogen-bond donors (Lipinski definition) is 2. The van der Waals surface area contributed by atoms with E-state index in [0.717, 1.165) is 36.4 Å². The van der Waals surface area contributed by atoms with Crippen LogP contribution in [-0.4, -0.2) is 44.0 Å². The van der Waals surface area contributed by atoms with Gasteiger partial charge < -0.3 is 15.4 Å². The highest BCUT2D eigenvalue weighted by Gasteiger charge is 2.31. The molecule has 2 aromatic carbocycles. The number of nitrogens with one attached hydrogen (secondary N) is 2. The second kappa shape index (κ2) is 8.88. The van der Waals surface area contributed by atoms with Gasteiger partial charge in [0, 0.05) is 30.3 Å². The van der Waals surface area contributed by atoms with Gasteiger partial charge in [-0.1, -0.05) is 12.1 Å². The molecule has 2 unspecified atom stereocenters. The Kier molecular flexibility index (Phi) is 6.04. The summed E-state index contributed by atoms with van der Waals surface area (Å²) in [4.78, 5) is 26.7. The van der Waals surface area contributed by atoms with Gasteiger partial charge in [-0.3, -0.25) is 14.5 Å². The Morgan fingerprint density at radius 1 is 1.20 bits per heavy atom. The summed E-state index contributed by atoms with van der Waals surface area (Å²) in [6.45, 7) is 1.69. The lowest BCUT2D eigenvalue weighted by Crippen LogP contribution is -2.41. The summed E-state index contributed by atoms with van der Waals surface area (Å²) in [5.41, 5.74) is 3.74. The van der Waals surface area contributed by atoms with Gasteiger partial charge in [0.1, 0.15) is 5.75 Å². The van der Waals surface area contributed by atoms with Gasteiger partial charge in [0.05, 0.1) is 7.11 Å². The van der Waals surface area contributed by atoms with E-state index in [1.165, 1.54) is 5.56 Å². The zero-order chi connectivity index (χ0) is 21.1. The number of carbonyl (C=O) groups excluding carboxylic acids is 2. The van der Waals surface area contributed by atoms with Crippen molar-refractivity contribution in [3.63, 3.8) is 0 Å². The number of anilines is 1. The topological polar surface area (TPSA) is 70.7 Å². The van der Waals surface area contributed by atoms with Crippen LogP contribution in [0.25, 0.3) is 0 Å². The maximum Gasteiger partial charge on any atom is 0.251 e. The molecule has 2 aliphatic heterocycles. The van der Waals surface area contributed by atoms with Crippen LogP contribution in [0.3, 0.4) is 0 Å². The van der Waals surface area contributed by atoms with Crippen molar-refractivity contribution in [3.05, 3.63) is 59.2 Å². The maximum absolute atomic E-state index is 12.8. The molecule has 4 rings (SSSR count). The molecule has 30 heavy (non-hydrogen) atoms. The van der Waals surface area contributed by atoms with Crippen LogP contribution in [0.2, 0.25) is 0 Å². The van der Waals surface area contributed by atoms with Crippen LogP contribution in [0.4, 0.5) is 5.69 Å². The Morgan fingerprint density at radius 2 is 2.00 bits per heavy atom. The molecule has 2 atom stereocenters. The summed E-state index contributed by atoms with van der Waals surface area (Å²) in [5, 5.41) is 6.01. The molecule has 2 N–H and O–H groups in total. The van der Waals surface area contributed by atoms with E-state index >= 15 is 0 Å². The van der Waals surface area contributed by atoms with Crippen molar-refractivity contribution in [1.82, 2.24) is 10.2 Å². The number of amides is 2. The lowest BCUT2D eigenvalue weighted by molar-refractivity contribution is -0.116.